The summed E-state index contributed by atoms with van der Waals surface area (Å²) in [6.45, 7) is 0. The number of aromatic hydroxyl groups is 1. The Kier molecular flexibility index (Phi) is 3.79. The molecule has 0 aliphatic heterocycles. The number of carboxylic acid groups (broad SMARTS) is 1. The third-order valence-corrected chi connectivity index (χ3v) is 2.79. The Labute approximate surface area is 114 Å². The lowest BCUT2D eigenvalue weighted by atomic mass is 9.99. The molecule has 4 nitrogen and oxygen atoms in total. The van der Waals surface area contributed by atoms with E-state index in [4.69, 9.17) is 5.11 Å². The molecule has 0 unspecified atom stereocenters. The minimum atomic E-state index is -1.10. The Balaban J connectivity index is 2.35. The number of rotatable bonds is 4. The van der Waals surface area contributed by atoms with E-state index >= 15 is 0 Å². The number of carbonyl (C=O) groups excluding carboxylic acids is 1. The van der Waals surface area contributed by atoms with Crippen molar-refractivity contribution in [2.75, 3.05) is 0 Å². The van der Waals surface area contributed by atoms with E-state index in [1.807, 2.05) is 0 Å². The van der Waals surface area contributed by atoms with E-state index in [-0.39, 0.29) is 29.1 Å². The van der Waals surface area contributed by atoms with Crippen molar-refractivity contribution in [3.05, 3.63) is 65.0 Å². The van der Waals surface area contributed by atoms with Crippen molar-refractivity contribution < 1.29 is 24.2 Å². The normalized spacial score (nSPS) is 10.2. The smallest absolute Gasteiger partial charge is 0.307 e. The van der Waals surface area contributed by atoms with Crippen LogP contribution < -0.4 is 0 Å². The van der Waals surface area contributed by atoms with Crippen LogP contribution in [-0.2, 0) is 11.2 Å². The number of phenolic OH excluding ortho intramolecular Hbond substituents is 1. The second kappa shape index (κ2) is 5.52. The van der Waals surface area contributed by atoms with Crippen LogP contribution in [0.4, 0.5) is 4.39 Å². The Morgan fingerprint density at radius 3 is 2.20 bits per heavy atom. The van der Waals surface area contributed by atoms with Crippen LogP contribution >= 0.6 is 0 Å². The highest BCUT2D eigenvalue weighted by Crippen LogP contribution is 2.21. The fraction of sp³-hybridized carbons (Fsp3) is 0.0667. The summed E-state index contributed by atoms with van der Waals surface area (Å²) < 4.78 is 12.8. The van der Waals surface area contributed by atoms with Gasteiger partial charge in [-0.05, 0) is 42.5 Å². The lowest BCUT2D eigenvalue weighted by molar-refractivity contribution is -0.136. The minimum absolute atomic E-state index is 0.158. The van der Waals surface area contributed by atoms with Crippen molar-refractivity contribution in [3.8, 4) is 5.75 Å². The maximum atomic E-state index is 12.8. The van der Waals surface area contributed by atoms with Gasteiger partial charge in [-0.1, -0.05) is 0 Å². The summed E-state index contributed by atoms with van der Waals surface area (Å²) in [5, 5.41) is 18.3. The SMILES string of the molecule is O=C(O)Cc1cc(C(=O)c2ccc(F)cc2)ccc1O. The zero-order valence-corrected chi connectivity index (χ0v) is 10.3. The molecular formula is C15H11FO4. The van der Waals surface area contributed by atoms with Crippen molar-refractivity contribution >= 4 is 11.8 Å². The quantitative estimate of drug-likeness (QED) is 0.839. The maximum Gasteiger partial charge on any atom is 0.307 e. The Morgan fingerprint density at radius 2 is 1.60 bits per heavy atom. The lowest BCUT2D eigenvalue weighted by Crippen LogP contribution is -2.05. The van der Waals surface area contributed by atoms with Crippen molar-refractivity contribution in [1.82, 2.24) is 0 Å². The first-order valence-corrected chi connectivity index (χ1v) is 5.81. The fourth-order valence-electron chi connectivity index (χ4n) is 1.80. The van der Waals surface area contributed by atoms with E-state index < -0.39 is 11.8 Å². The third-order valence-electron chi connectivity index (χ3n) is 2.79. The lowest BCUT2D eigenvalue weighted by Gasteiger charge is -2.06. The average Bonchev–Trinajstić information content (AvgIpc) is 2.41. The summed E-state index contributed by atoms with van der Waals surface area (Å²) in [4.78, 5) is 22.8. The van der Waals surface area contributed by atoms with Crippen LogP contribution in [0.1, 0.15) is 21.5 Å². The molecule has 0 radical (unpaired) electrons. The van der Waals surface area contributed by atoms with Gasteiger partial charge in [-0.25, -0.2) is 4.39 Å². The van der Waals surface area contributed by atoms with Crippen molar-refractivity contribution in [1.29, 1.82) is 0 Å². The summed E-state index contributed by atoms with van der Waals surface area (Å²) in [5.41, 5.74) is 0.689. The Hall–Kier alpha value is -2.69. The molecule has 2 aromatic rings. The summed E-state index contributed by atoms with van der Waals surface area (Å²) in [6.07, 6.45) is -0.379. The second-order valence-corrected chi connectivity index (χ2v) is 4.25. The van der Waals surface area contributed by atoms with Gasteiger partial charge < -0.3 is 10.2 Å². The Bertz CT molecular complexity index is 662. The van der Waals surface area contributed by atoms with Gasteiger partial charge in [-0.3, -0.25) is 9.59 Å². The molecule has 2 N–H and O–H groups in total. The van der Waals surface area contributed by atoms with E-state index in [9.17, 15) is 19.1 Å². The van der Waals surface area contributed by atoms with Gasteiger partial charge in [0.2, 0.25) is 0 Å². The van der Waals surface area contributed by atoms with Crippen LogP contribution in [0.25, 0.3) is 0 Å². The first-order valence-electron chi connectivity index (χ1n) is 5.81. The van der Waals surface area contributed by atoms with Crippen LogP contribution in [0.3, 0.4) is 0 Å². The molecule has 0 aliphatic rings. The fourth-order valence-corrected chi connectivity index (χ4v) is 1.80. The molecule has 0 fully saturated rings. The predicted molar refractivity (Wildman–Crippen MR) is 69.3 cm³/mol. The molecular weight excluding hydrogens is 263 g/mol. The number of aliphatic carboxylic acids is 1. The van der Waals surface area contributed by atoms with Gasteiger partial charge in [0.25, 0.3) is 0 Å². The molecule has 0 atom stereocenters. The van der Waals surface area contributed by atoms with Crippen LogP contribution in [0.15, 0.2) is 42.5 Å². The van der Waals surface area contributed by atoms with E-state index in [1.165, 1.54) is 42.5 Å². The summed E-state index contributed by atoms with van der Waals surface area (Å²) in [6, 6.07) is 9.04. The summed E-state index contributed by atoms with van der Waals surface area (Å²) in [7, 11) is 0. The maximum absolute atomic E-state index is 12.8. The number of halogens is 1. The van der Waals surface area contributed by atoms with Gasteiger partial charge in [-0.15, -0.1) is 0 Å². The predicted octanol–water partition coefficient (Wildman–Crippen LogP) is 2.39. The van der Waals surface area contributed by atoms with Gasteiger partial charge >= 0.3 is 5.97 Å². The standard InChI is InChI=1S/C15H11FO4/c16-12-4-1-9(2-5-12)15(20)10-3-6-13(17)11(7-10)8-14(18)19/h1-7,17H,8H2,(H,18,19). The number of benzene rings is 2. The molecule has 2 aromatic carbocycles. The first-order chi connectivity index (χ1) is 9.47. The summed E-state index contributed by atoms with van der Waals surface area (Å²) >= 11 is 0. The highest BCUT2D eigenvalue weighted by molar-refractivity contribution is 6.09. The van der Waals surface area contributed by atoms with Gasteiger partial charge in [0.1, 0.15) is 11.6 Å². The molecule has 0 amide bonds. The number of carboxylic acids is 1. The molecule has 20 heavy (non-hydrogen) atoms. The molecule has 0 bridgehead atoms. The molecule has 0 spiro atoms. The summed E-state index contributed by atoms with van der Waals surface area (Å²) in [5.74, 6) is -2.09. The molecule has 2 rings (SSSR count). The monoisotopic (exact) mass is 274 g/mol. The molecule has 0 aromatic heterocycles. The molecule has 0 aliphatic carbocycles. The molecule has 5 heteroatoms. The topological polar surface area (TPSA) is 74.6 Å². The van der Waals surface area contributed by atoms with Crippen molar-refractivity contribution in [2.45, 2.75) is 6.42 Å². The van der Waals surface area contributed by atoms with E-state index in [0.717, 1.165) is 0 Å². The van der Waals surface area contributed by atoms with Crippen LogP contribution in [-0.4, -0.2) is 22.0 Å². The highest BCUT2D eigenvalue weighted by atomic mass is 19.1. The van der Waals surface area contributed by atoms with E-state index in [0.29, 0.717) is 5.56 Å². The number of hydrogen-bond donors (Lipinski definition) is 2. The van der Waals surface area contributed by atoms with Gasteiger partial charge in [0.05, 0.1) is 6.42 Å². The van der Waals surface area contributed by atoms with Crippen LogP contribution in [0.2, 0.25) is 0 Å². The third kappa shape index (κ3) is 3.00. The number of ketones is 1. The molecule has 102 valence electrons. The largest absolute Gasteiger partial charge is 0.508 e. The zero-order chi connectivity index (χ0) is 14.7. The van der Waals surface area contributed by atoms with Crippen molar-refractivity contribution in [2.24, 2.45) is 0 Å². The van der Waals surface area contributed by atoms with Gasteiger partial charge in [-0.2, -0.15) is 0 Å². The van der Waals surface area contributed by atoms with Gasteiger partial charge in [0.15, 0.2) is 5.78 Å². The van der Waals surface area contributed by atoms with E-state index in [2.05, 4.69) is 0 Å². The first kappa shape index (κ1) is 13.7. The highest BCUT2D eigenvalue weighted by Gasteiger charge is 2.13. The van der Waals surface area contributed by atoms with Crippen LogP contribution in [0, 0.1) is 5.82 Å². The van der Waals surface area contributed by atoms with Crippen LogP contribution in [0.5, 0.6) is 5.75 Å². The molecule has 0 saturated heterocycles. The Morgan fingerprint density at radius 1 is 1.00 bits per heavy atom. The minimum Gasteiger partial charge on any atom is -0.508 e. The molecule has 0 heterocycles. The van der Waals surface area contributed by atoms with Crippen molar-refractivity contribution in [3.63, 3.8) is 0 Å². The van der Waals surface area contributed by atoms with E-state index in [1.54, 1.807) is 0 Å². The average molecular weight is 274 g/mol. The second-order valence-electron chi connectivity index (χ2n) is 4.25. The molecule has 0 saturated carbocycles. The number of carbonyl (C=O) groups is 2. The number of hydrogen-bond acceptors (Lipinski definition) is 3. The number of phenols is 1. The zero-order valence-electron chi connectivity index (χ0n) is 10.3. The van der Waals surface area contributed by atoms with Gasteiger partial charge in [0, 0.05) is 16.7 Å².